The number of ether oxygens (including phenoxy) is 1. The monoisotopic (exact) mass is 441 g/mol. The average molecular weight is 442 g/mol. The number of carbonyl (C=O) groups excluding carboxylic acids is 2. The summed E-state index contributed by atoms with van der Waals surface area (Å²) < 4.78 is 5.01. The third kappa shape index (κ3) is 4.88. The Morgan fingerprint density at radius 2 is 1.77 bits per heavy atom. The molecule has 0 radical (unpaired) electrons. The molecule has 0 saturated carbocycles. The van der Waals surface area contributed by atoms with Crippen molar-refractivity contribution in [2.24, 2.45) is 11.8 Å². The van der Waals surface area contributed by atoms with E-state index in [0.29, 0.717) is 23.4 Å². The van der Waals surface area contributed by atoms with Crippen LogP contribution in [0.15, 0.2) is 36.4 Å². The lowest BCUT2D eigenvalue weighted by Gasteiger charge is -2.24. The highest BCUT2D eigenvalue weighted by molar-refractivity contribution is 7.17. The molecule has 31 heavy (non-hydrogen) atoms. The summed E-state index contributed by atoms with van der Waals surface area (Å²) in [6.07, 6.45) is 6.32. The molecule has 0 spiro atoms. The van der Waals surface area contributed by atoms with Crippen molar-refractivity contribution in [2.45, 2.75) is 39.5 Å². The molecule has 3 rings (SSSR count). The Morgan fingerprint density at radius 1 is 1.13 bits per heavy atom. The predicted octanol–water partition coefficient (Wildman–Crippen LogP) is 5.07. The van der Waals surface area contributed by atoms with Gasteiger partial charge in [-0.05, 0) is 37.3 Å². The highest BCUT2D eigenvalue weighted by atomic mass is 32.1. The highest BCUT2D eigenvalue weighted by Crippen LogP contribution is 2.41. The maximum atomic E-state index is 13.0. The number of thiophene rings is 1. The smallest absolute Gasteiger partial charge is 0.341 e. The first-order valence-electron chi connectivity index (χ1n) is 10.4. The van der Waals surface area contributed by atoms with Gasteiger partial charge in [0.15, 0.2) is 0 Å². The number of methoxy groups -OCH3 is 1. The predicted molar refractivity (Wildman–Crippen MR) is 121 cm³/mol. The fourth-order valence-corrected chi connectivity index (χ4v) is 5.05. The van der Waals surface area contributed by atoms with E-state index in [0.717, 1.165) is 28.8 Å². The molecule has 2 N–H and O–H groups in total. The molecular formula is C24H27NO5S. The minimum Gasteiger partial charge on any atom is -0.481 e. The molecule has 1 aromatic carbocycles. The molecule has 1 aliphatic rings. The minimum atomic E-state index is -0.993. The first kappa shape index (κ1) is 22.7. The molecule has 164 valence electrons. The van der Waals surface area contributed by atoms with E-state index < -0.39 is 29.7 Å². The Labute approximate surface area is 185 Å². The lowest BCUT2D eigenvalue weighted by molar-refractivity contribution is -0.146. The maximum Gasteiger partial charge on any atom is 0.341 e. The van der Waals surface area contributed by atoms with Crippen molar-refractivity contribution in [1.29, 1.82) is 0 Å². The Kier molecular flexibility index (Phi) is 7.28. The van der Waals surface area contributed by atoms with Crippen molar-refractivity contribution in [1.82, 2.24) is 0 Å². The summed E-state index contributed by atoms with van der Waals surface area (Å²) in [6, 6.07) is 8.04. The van der Waals surface area contributed by atoms with Gasteiger partial charge in [-0.1, -0.05) is 49.8 Å². The van der Waals surface area contributed by atoms with Crippen molar-refractivity contribution in [2.75, 3.05) is 12.4 Å². The van der Waals surface area contributed by atoms with Gasteiger partial charge in [-0.15, -0.1) is 11.3 Å². The second-order valence-corrected chi connectivity index (χ2v) is 8.88. The van der Waals surface area contributed by atoms with E-state index in [4.69, 9.17) is 4.74 Å². The number of carboxylic acid groups (broad SMARTS) is 1. The molecule has 0 bridgehead atoms. The van der Waals surface area contributed by atoms with Gasteiger partial charge >= 0.3 is 11.9 Å². The van der Waals surface area contributed by atoms with Crippen molar-refractivity contribution >= 4 is 34.2 Å². The Balaban J connectivity index is 1.96. The number of esters is 1. The fraction of sp³-hybridized carbons (Fsp3) is 0.375. The van der Waals surface area contributed by atoms with Crippen LogP contribution in [-0.4, -0.2) is 30.1 Å². The quantitative estimate of drug-likeness (QED) is 0.462. The fourth-order valence-electron chi connectivity index (χ4n) is 3.99. The van der Waals surface area contributed by atoms with E-state index in [1.807, 2.05) is 37.3 Å². The number of aliphatic carboxylic acids is 1. The zero-order chi connectivity index (χ0) is 22.5. The second kappa shape index (κ2) is 9.92. The maximum absolute atomic E-state index is 13.0. The summed E-state index contributed by atoms with van der Waals surface area (Å²) in [5, 5.41) is 12.7. The molecule has 2 aromatic rings. The van der Waals surface area contributed by atoms with E-state index in [-0.39, 0.29) is 0 Å². The van der Waals surface area contributed by atoms with Crippen LogP contribution in [0.4, 0.5) is 5.00 Å². The molecule has 0 fully saturated rings. The van der Waals surface area contributed by atoms with Crippen molar-refractivity contribution in [3.8, 4) is 11.1 Å². The van der Waals surface area contributed by atoms with Gasteiger partial charge in [-0.2, -0.15) is 0 Å². The number of amides is 1. The van der Waals surface area contributed by atoms with Crippen LogP contribution >= 0.6 is 11.3 Å². The van der Waals surface area contributed by atoms with Gasteiger partial charge in [0.05, 0.1) is 18.9 Å². The zero-order valence-electron chi connectivity index (χ0n) is 17.9. The van der Waals surface area contributed by atoms with Crippen molar-refractivity contribution in [3.63, 3.8) is 0 Å². The summed E-state index contributed by atoms with van der Waals surface area (Å²) >= 11 is 1.30. The number of rotatable bonds is 7. The van der Waals surface area contributed by atoms with E-state index in [9.17, 15) is 19.5 Å². The van der Waals surface area contributed by atoms with Gasteiger partial charge in [-0.3, -0.25) is 9.59 Å². The molecular weight excluding hydrogens is 414 g/mol. The Hall–Kier alpha value is -2.93. The summed E-state index contributed by atoms with van der Waals surface area (Å²) in [5.74, 6) is -3.39. The SMILES string of the molecule is CCCc1ccc(-c2c(C)sc(NC(=O)[C@@H]3CC=CC[C@@H]3C(=O)O)c2C(=O)OC)cc1. The van der Waals surface area contributed by atoms with Crippen LogP contribution in [-0.2, 0) is 20.7 Å². The standard InChI is InChI=1S/C24H27NO5S/c1-4-7-15-10-12-16(13-11-15)19-14(2)31-22(20(19)24(29)30-3)25-21(26)17-8-5-6-9-18(17)23(27)28/h5-6,10-13,17-18H,4,7-9H2,1-3H3,(H,25,26)(H,27,28)/t17-,18+/m1/s1. The molecule has 1 heterocycles. The highest BCUT2D eigenvalue weighted by Gasteiger charge is 2.35. The van der Waals surface area contributed by atoms with Crippen LogP contribution in [0, 0.1) is 18.8 Å². The Bertz CT molecular complexity index is 1010. The van der Waals surface area contributed by atoms with Crippen LogP contribution in [0.2, 0.25) is 0 Å². The molecule has 0 aliphatic heterocycles. The van der Waals surface area contributed by atoms with Crippen LogP contribution < -0.4 is 5.32 Å². The molecule has 2 atom stereocenters. The van der Waals surface area contributed by atoms with Crippen molar-refractivity contribution < 1.29 is 24.2 Å². The van der Waals surface area contributed by atoms with Gasteiger partial charge in [0.1, 0.15) is 10.6 Å². The first-order chi connectivity index (χ1) is 14.9. The van der Waals surface area contributed by atoms with Crippen LogP contribution in [0.5, 0.6) is 0 Å². The average Bonchev–Trinajstić information content (AvgIpc) is 3.09. The van der Waals surface area contributed by atoms with Crippen LogP contribution in [0.25, 0.3) is 11.1 Å². The summed E-state index contributed by atoms with van der Waals surface area (Å²) in [4.78, 5) is 38.1. The summed E-state index contributed by atoms with van der Waals surface area (Å²) in [6.45, 7) is 4.02. The number of nitrogens with one attached hydrogen (secondary N) is 1. The zero-order valence-corrected chi connectivity index (χ0v) is 18.8. The second-order valence-electron chi connectivity index (χ2n) is 7.66. The largest absolute Gasteiger partial charge is 0.481 e. The number of benzene rings is 1. The number of aryl methyl sites for hydroxylation is 2. The summed E-state index contributed by atoms with van der Waals surface area (Å²) in [5.41, 5.74) is 3.13. The number of allylic oxidation sites excluding steroid dienone is 2. The normalized spacial score (nSPS) is 17.9. The molecule has 0 unspecified atom stereocenters. The van der Waals surface area contributed by atoms with Crippen molar-refractivity contribution in [3.05, 3.63) is 52.4 Å². The number of carbonyl (C=O) groups is 3. The molecule has 6 nitrogen and oxygen atoms in total. The lowest BCUT2D eigenvalue weighted by atomic mass is 9.82. The number of hydrogen-bond donors (Lipinski definition) is 2. The van der Waals surface area contributed by atoms with E-state index in [2.05, 4.69) is 12.2 Å². The van der Waals surface area contributed by atoms with E-state index >= 15 is 0 Å². The lowest BCUT2D eigenvalue weighted by Crippen LogP contribution is -2.34. The molecule has 1 amide bonds. The molecule has 0 saturated heterocycles. The molecule has 1 aromatic heterocycles. The number of anilines is 1. The number of carboxylic acids is 1. The van der Waals surface area contributed by atoms with Gasteiger partial charge in [-0.25, -0.2) is 4.79 Å². The molecule has 7 heteroatoms. The van der Waals surface area contributed by atoms with Gasteiger partial charge in [0.2, 0.25) is 5.91 Å². The third-order valence-electron chi connectivity index (χ3n) is 5.58. The first-order valence-corrected chi connectivity index (χ1v) is 11.2. The minimum absolute atomic E-state index is 0.305. The van der Waals surface area contributed by atoms with E-state index in [1.165, 1.54) is 24.0 Å². The topological polar surface area (TPSA) is 92.7 Å². The summed E-state index contributed by atoms with van der Waals surface area (Å²) in [7, 11) is 1.31. The number of hydrogen-bond acceptors (Lipinski definition) is 5. The third-order valence-corrected chi connectivity index (χ3v) is 6.60. The molecule has 1 aliphatic carbocycles. The van der Waals surface area contributed by atoms with Crippen LogP contribution in [0.1, 0.15) is 47.0 Å². The van der Waals surface area contributed by atoms with E-state index in [1.54, 1.807) is 6.08 Å². The van der Waals surface area contributed by atoms with Gasteiger partial charge in [0.25, 0.3) is 0 Å². The van der Waals surface area contributed by atoms with Crippen LogP contribution in [0.3, 0.4) is 0 Å². The Morgan fingerprint density at radius 3 is 2.35 bits per heavy atom. The van der Waals surface area contributed by atoms with Gasteiger partial charge < -0.3 is 15.2 Å². The van der Waals surface area contributed by atoms with Gasteiger partial charge in [0, 0.05) is 10.4 Å².